The zero-order valence-electron chi connectivity index (χ0n) is 17.7. The van der Waals surface area contributed by atoms with Crippen LogP contribution in [-0.2, 0) is 0 Å². The molecule has 0 atom stereocenters. The molecule has 4 nitrogen and oxygen atoms in total. The minimum Gasteiger partial charge on any atom is -0.339 e. The van der Waals surface area contributed by atoms with Crippen molar-refractivity contribution in [3.8, 4) is 0 Å². The fraction of sp³-hybridized carbons (Fsp3) is 0.280. The number of rotatable bonds is 4. The zero-order valence-corrected chi connectivity index (χ0v) is 18.4. The van der Waals surface area contributed by atoms with E-state index in [1.54, 1.807) is 12.1 Å². The van der Waals surface area contributed by atoms with Crippen LogP contribution in [0.15, 0.2) is 54.6 Å². The Morgan fingerprint density at radius 2 is 1.77 bits per heavy atom. The van der Waals surface area contributed by atoms with E-state index >= 15 is 0 Å². The predicted octanol–water partition coefficient (Wildman–Crippen LogP) is 6.25. The number of aromatic nitrogens is 1. The molecule has 0 radical (unpaired) electrons. The largest absolute Gasteiger partial charge is 0.339 e. The average Bonchev–Trinajstić information content (AvgIpc) is 2.77. The van der Waals surface area contributed by atoms with E-state index in [0.717, 1.165) is 35.2 Å². The van der Waals surface area contributed by atoms with Crippen LogP contribution in [0.5, 0.6) is 0 Å². The van der Waals surface area contributed by atoms with Gasteiger partial charge in [0.25, 0.3) is 5.91 Å². The van der Waals surface area contributed by atoms with Crippen molar-refractivity contribution in [2.24, 2.45) is 0 Å². The van der Waals surface area contributed by atoms with Crippen LogP contribution < -0.4 is 5.32 Å². The number of nitrogens with zero attached hydrogens (tertiary/aromatic N) is 2. The standard InChI is InChI=1S/C25H25ClFN3O/c1-16-3-4-17(2)22(15-16)28-24-21(9-10-23(26)29-24)25(31)30-13-11-19(12-14-30)18-5-7-20(27)8-6-18/h3-10,15,19H,11-14H2,1-2H3,(H,28,29). The minimum atomic E-state index is -0.226. The number of amides is 1. The topological polar surface area (TPSA) is 45.2 Å². The molecule has 0 bridgehead atoms. The van der Waals surface area contributed by atoms with Crippen LogP contribution in [-0.4, -0.2) is 28.9 Å². The number of hydrogen-bond acceptors (Lipinski definition) is 3. The van der Waals surface area contributed by atoms with Crippen molar-refractivity contribution in [1.82, 2.24) is 9.88 Å². The molecule has 4 rings (SSSR count). The summed E-state index contributed by atoms with van der Waals surface area (Å²) in [4.78, 5) is 19.6. The molecule has 1 fully saturated rings. The molecule has 3 aromatic rings. The number of halogens is 2. The first-order chi connectivity index (χ1) is 14.9. The summed E-state index contributed by atoms with van der Waals surface area (Å²) in [6.07, 6.45) is 1.69. The Kier molecular flexibility index (Phi) is 6.23. The maximum absolute atomic E-state index is 13.3. The molecule has 1 aliphatic rings. The first-order valence-electron chi connectivity index (χ1n) is 10.5. The summed E-state index contributed by atoms with van der Waals surface area (Å²) < 4.78 is 13.2. The van der Waals surface area contributed by atoms with Crippen LogP contribution in [0.1, 0.15) is 45.8 Å². The Morgan fingerprint density at radius 1 is 1.06 bits per heavy atom. The molecule has 2 aromatic carbocycles. The lowest BCUT2D eigenvalue weighted by Crippen LogP contribution is -2.38. The van der Waals surface area contributed by atoms with Crippen molar-refractivity contribution in [2.45, 2.75) is 32.6 Å². The third-order valence-corrected chi connectivity index (χ3v) is 6.07. The van der Waals surface area contributed by atoms with Crippen molar-refractivity contribution in [3.63, 3.8) is 0 Å². The van der Waals surface area contributed by atoms with Gasteiger partial charge in [0.2, 0.25) is 0 Å². The SMILES string of the molecule is Cc1ccc(C)c(Nc2nc(Cl)ccc2C(=O)N2CCC(c3ccc(F)cc3)CC2)c1. The van der Waals surface area contributed by atoms with E-state index in [1.807, 2.05) is 49.1 Å². The highest BCUT2D eigenvalue weighted by Gasteiger charge is 2.26. The quantitative estimate of drug-likeness (QED) is 0.490. The van der Waals surface area contributed by atoms with Gasteiger partial charge in [-0.1, -0.05) is 35.9 Å². The Morgan fingerprint density at radius 3 is 2.48 bits per heavy atom. The van der Waals surface area contributed by atoms with Crippen LogP contribution in [0.25, 0.3) is 0 Å². The smallest absolute Gasteiger partial charge is 0.257 e. The van der Waals surface area contributed by atoms with Crippen molar-refractivity contribution in [1.29, 1.82) is 0 Å². The number of benzene rings is 2. The van der Waals surface area contributed by atoms with E-state index in [4.69, 9.17) is 11.6 Å². The number of anilines is 2. The second kappa shape index (κ2) is 9.06. The molecule has 0 aliphatic carbocycles. The number of likely N-dealkylation sites (tertiary alicyclic amines) is 1. The van der Waals surface area contributed by atoms with Gasteiger partial charge in [-0.3, -0.25) is 4.79 Å². The van der Waals surface area contributed by atoms with Gasteiger partial charge in [0.1, 0.15) is 16.8 Å². The van der Waals surface area contributed by atoms with Crippen LogP contribution in [0.2, 0.25) is 5.15 Å². The second-order valence-corrected chi connectivity index (χ2v) is 8.48. The lowest BCUT2D eigenvalue weighted by Gasteiger charge is -2.32. The Balaban J connectivity index is 1.51. The summed E-state index contributed by atoms with van der Waals surface area (Å²) in [5.41, 5.74) is 4.71. The summed E-state index contributed by atoms with van der Waals surface area (Å²) in [6, 6.07) is 16.2. The van der Waals surface area contributed by atoms with Crippen molar-refractivity contribution < 1.29 is 9.18 Å². The lowest BCUT2D eigenvalue weighted by molar-refractivity contribution is 0.0713. The highest BCUT2D eigenvalue weighted by molar-refractivity contribution is 6.29. The van der Waals surface area contributed by atoms with Crippen molar-refractivity contribution >= 4 is 29.0 Å². The van der Waals surface area contributed by atoms with Gasteiger partial charge in [-0.05, 0) is 79.6 Å². The number of aryl methyl sites for hydroxylation is 2. The number of carbonyl (C=O) groups excluding carboxylic acids is 1. The zero-order chi connectivity index (χ0) is 22.0. The van der Waals surface area contributed by atoms with Gasteiger partial charge >= 0.3 is 0 Å². The maximum Gasteiger partial charge on any atom is 0.257 e. The molecule has 0 saturated carbocycles. The molecule has 31 heavy (non-hydrogen) atoms. The molecule has 1 aromatic heterocycles. The monoisotopic (exact) mass is 437 g/mol. The van der Waals surface area contributed by atoms with E-state index in [-0.39, 0.29) is 11.7 Å². The minimum absolute atomic E-state index is 0.0606. The number of nitrogens with one attached hydrogen (secondary N) is 1. The van der Waals surface area contributed by atoms with Crippen LogP contribution in [0.3, 0.4) is 0 Å². The molecule has 1 saturated heterocycles. The van der Waals surface area contributed by atoms with Gasteiger partial charge in [0.15, 0.2) is 0 Å². The summed E-state index contributed by atoms with van der Waals surface area (Å²) in [5.74, 6) is 0.511. The van der Waals surface area contributed by atoms with Gasteiger partial charge in [-0.15, -0.1) is 0 Å². The van der Waals surface area contributed by atoms with Gasteiger partial charge in [0, 0.05) is 18.8 Å². The van der Waals surface area contributed by atoms with E-state index in [1.165, 1.54) is 12.1 Å². The first kappa shape index (κ1) is 21.3. The fourth-order valence-corrected chi connectivity index (χ4v) is 4.17. The average molecular weight is 438 g/mol. The first-order valence-corrected chi connectivity index (χ1v) is 10.8. The molecule has 6 heteroatoms. The van der Waals surface area contributed by atoms with Gasteiger partial charge in [0.05, 0.1) is 5.56 Å². The Labute approximate surface area is 187 Å². The van der Waals surface area contributed by atoms with Crippen LogP contribution >= 0.6 is 11.6 Å². The summed E-state index contributed by atoms with van der Waals surface area (Å²) in [7, 11) is 0. The Hall–Kier alpha value is -2.92. The lowest BCUT2D eigenvalue weighted by atomic mass is 9.89. The number of piperidine rings is 1. The van der Waals surface area contributed by atoms with Crippen LogP contribution in [0.4, 0.5) is 15.9 Å². The third-order valence-electron chi connectivity index (χ3n) is 5.86. The number of pyridine rings is 1. The molecule has 0 unspecified atom stereocenters. The fourth-order valence-electron chi connectivity index (χ4n) is 4.02. The van der Waals surface area contributed by atoms with Gasteiger partial charge in [-0.2, -0.15) is 0 Å². The molecule has 160 valence electrons. The second-order valence-electron chi connectivity index (χ2n) is 8.09. The van der Waals surface area contributed by atoms with E-state index in [2.05, 4.69) is 10.3 Å². The van der Waals surface area contributed by atoms with E-state index in [9.17, 15) is 9.18 Å². The summed E-state index contributed by atoms with van der Waals surface area (Å²) in [6.45, 7) is 5.32. The van der Waals surface area contributed by atoms with Crippen molar-refractivity contribution in [2.75, 3.05) is 18.4 Å². The molecular weight excluding hydrogens is 413 g/mol. The highest BCUT2D eigenvalue weighted by atomic mass is 35.5. The van der Waals surface area contributed by atoms with E-state index in [0.29, 0.717) is 35.5 Å². The highest BCUT2D eigenvalue weighted by Crippen LogP contribution is 2.30. The maximum atomic E-state index is 13.3. The van der Waals surface area contributed by atoms with E-state index < -0.39 is 0 Å². The van der Waals surface area contributed by atoms with Crippen LogP contribution in [0, 0.1) is 19.7 Å². The summed E-state index contributed by atoms with van der Waals surface area (Å²) >= 11 is 6.14. The molecule has 1 N–H and O–H groups in total. The summed E-state index contributed by atoms with van der Waals surface area (Å²) in [5, 5.41) is 3.64. The Bertz CT molecular complexity index is 1090. The molecular formula is C25H25ClFN3O. The number of carbonyl (C=O) groups is 1. The molecule has 2 heterocycles. The normalized spacial score (nSPS) is 14.5. The van der Waals surface area contributed by atoms with Gasteiger partial charge < -0.3 is 10.2 Å². The number of hydrogen-bond donors (Lipinski definition) is 1. The van der Waals surface area contributed by atoms with Crippen molar-refractivity contribution in [3.05, 3.63) is 87.8 Å². The third kappa shape index (κ3) is 4.88. The molecule has 0 spiro atoms. The molecule has 1 aliphatic heterocycles. The molecule has 1 amide bonds. The predicted molar refractivity (Wildman–Crippen MR) is 123 cm³/mol. The van der Waals surface area contributed by atoms with Gasteiger partial charge in [-0.25, -0.2) is 9.37 Å².